The van der Waals surface area contributed by atoms with Crippen LogP contribution in [0.4, 0.5) is 5.13 Å². The normalized spacial score (nSPS) is 11.4. The van der Waals surface area contributed by atoms with E-state index in [0.29, 0.717) is 11.0 Å². The molecule has 0 fully saturated rings. The highest BCUT2D eigenvalue weighted by Gasteiger charge is 2.12. The van der Waals surface area contributed by atoms with Gasteiger partial charge in [-0.15, -0.1) is 10.2 Å². The van der Waals surface area contributed by atoms with Crippen LogP contribution >= 0.6 is 27.3 Å². The first-order valence-electron chi connectivity index (χ1n) is 6.48. The summed E-state index contributed by atoms with van der Waals surface area (Å²) in [4.78, 5) is 8.38. The van der Waals surface area contributed by atoms with Gasteiger partial charge in [0.15, 0.2) is 5.69 Å². The van der Waals surface area contributed by atoms with Crippen molar-refractivity contribution in [1.82, 2.24) is 15.2 Å². The van der Waals surface area contributed by atoms with Gasteiger partial charge in [-0.3, -0.25) is 0 Å². The molecule has 0 spiro atoms. The van der Waals surface area contributed by atoms with Crippen LogP contribution in [0.15, 0.2) is 38.1 Å². The predicted molar refractivity (Wildman–Crippen MR) is 87.8 cm³/mol. The maximum Gasteiger partial charge on any atom is 0.312 e. The third kappa shape index (κ3) is 3.23. The van der Waals surface area contributed by atoms with Gasteiger partial charge in [0.25, 0.3) is 0 Å². The molecule has 0 saturated heterocycles. The molecule has 8 heteroatoms. The molecule has 2 heterocycles. The molecule has 2 aromatic heterocycles. The predicted octanol–water partition coefficient (Wildman–Crippen LogP) is 3.97. The van der Waals surface area contributed by atoms with Crippen molar-refractivity contribution in [3.8, 4) is 17.4 Å². The molecule has 1 N–H and O–H groups in total. The fourth-order valence-corrected chi connectivity index (χ4v) is 2.57. The number of benzene rings is 1. The van der Waals surface area contributed by atoms with Crippen LogP contribution in [-0.4, -0.2) is 26.5 Å². The molecule has 1 aromatic carbocycles. The number of nitrogens with zero attached hydrogens (tertiary/aromatic N) is 4. The molecular weight excluding hydrogens is 368 g/mol. The molecule has 3 rings (SSSR count). The van der Waals surface area contributed by atoms with E-state index in [0.717, 1.165) is 21.5 Å². The number of aryl methyl sites for hydroxylation is 1. The highest BCUT2D eigenvalue weighted by Crippen LogP contribution is 2.27. The van der Waals surface area contributed by atoms with Crippen molar-refractivity contribution in [3.63, 3.8) is 0 Å². The van der Waals surface area contributed by atoms with Crippen molar-refractivity contribution in [2.75, 3.05) is 0 Å². The van der Waals surface area contributed by atoms with Gasteiger partial charge in [-0.2, -0.15) is 0 Å². The highest BCUT2D eigenvalue weighted by atomic mass is 79.9. The van der Waals surface area contributed by atoms with Crippen LogP contribution in [0, 0.1) is 0 Å². The largest absolute Gasteiger partial charge is 0.479 e. The van der Waals surface area contributed by atoms with E-state index in [4.69, 9.17) is 4.42 Å². The summed E-state index contributed by atoms with van der Waals surface area (Å²) in [6.07, 6.45) is 2.23. The Balaban J connectivity index is 1.84. The van der Waals surface area contributed by atoms with Crippen molar-refractivity contribution >= 4 is 38.6 Å². The molecule has 0 aliphatic carbocycles. The molecule has 112 valence electrons. The Kier molecular flexibility index (Phi) is 4.30. The first-order valence-corrected chi connectivity index (χ1v) is 8.09. The summed E-state index contributed by atoms with van der Waals surface area (Å²) >= 11 is 4.76. The number of halogens is 1. The van der Waals surface area contributed by atoms with E-state index in [1.807, 2.05) is 31.2 Å². The second-order valence-electron chi connectivity index (χ2n) is 4.31. The monoisotopic (exact) mass is 378 g/mol. The molecule has 0 radical (unpaired) electrons. The summed E-state index contributed by atoms with van der Waals surface area (Å²) in [5.74, 6) is 0.0554. The molecule has 0 amide bonds. The maximum absolute atomic E-state index is 9.81. The number of aromatic nitrogens is 3. The molecule has 0 unspecified atom stereocenters. The third-order valence-corrected chi connectivity index (χ3v) is 4.29. The summed E-state index contributed by atoms with van der Waals surface area (Å²) in [6.45, 7) is 2.00. The van der Waals surface area contributed by atoms with E-state index in [1.165, 1.54) is 17.6 Å². The van der Waals surface area contributed by atoms with E-state index in [2.05, 4.69) is 36.1 Å². The number of aromatic hydroxyl groups is 1. The highest BCUT2D eigenvalue weighted by molar-refractivity contribution is 9.10. The number of rotatable bonds is 4. The summed E-state index contributed by atoms with van der Waals surface area (Å²) in [5.41, 5.74) is 1.02. The fraction of sp³-hybridized carbons (Fsp3) is 0.143. The van der Waals surface area contributed by atoms with E-state index in [-0.39, 0.29) is 11.6 Å². The number of oxazole rings is 1. The van der Waals surface area contributed by atoms with Crippen molar-refractivity contribution in [3.05, 3.63) is 39.4 Å². The third-order valence-electron chi connectivity index (χ3n) is 2.78. The lowest BCUT2D eigenvalue weighted by atomic mass is 10.2. The first kappa shape index (κ1) is 14.9. The molecular formula is C14H11BrN4O2S. The van der Waals surface area contributed by atoms with Gasteiger partial charge in [-0.25, -0.2) is 9.98 Å². The van der Waals surface area contributed by atoms with Gasteiger partial charge in [-0.1, -0.05) is 34.2 Å². The van der Waals surface area contributed by atoms with Crippen molar-refractivity contribution in [2.45, 2.75) is 13.3 Å². The number of hydrogen-bond donors (Lipinski definition) is 1. The van der Waals surface area contributed by atoms with Crippen molar-refractivity contribution in [2.24, 2.45) is 4.99 Å². The molecule has 0 saturated carbocycles. The van der Waals surface area contributed by atoms with Gasteiger partial charge in [0.05, 0.1) is 6.21 Å². The van der Waals surface area contributed by atoms with Gasteiger partial charge in [0.1, 0.15) is 5.01 Å². The summed E-state index contributed by atoms with van der Waals surface area (Å²) in [6, 6.07) is 7.43. The van der Waals surface area contributed by atoms with Crippen LogP contribution < -0.4 is 0 Å². The summed E-state index contributed by atoms with van der Waals surface area (Å²) in [5, 5.41) is 19.1. The lowest BCUT2D eigenvalue weighted by molar-refractivity contribution is 0.337. The topological polar surface area (TPSA) is 84.4 Å². The Bertz CT molecular complexity index is 811. The van der Waals surface area contributed by atoms with Crippen LogP contribution in [0.1, 0.15) is 17.6 Å². The van der Waals surface area contributed by atoms with E-state index in [9.17, 15) is 5.11 Å². The van der Waals surface area contributed by atoms with Crippen LogP contribution in [0.25, 0.3) is 11.5 Å². The van der Waals surface area contributed by atoms with E-state index < -0.39 is 0 Å². The number of hydrogen-bond acceptors (Lipinski definition) is 7. The molecule has 22 heavy (non-hydrogen) atoms. The smallest absolute Gasteiger partial charge is 0.312 e. The lowest BCUT2D eigenvalue weighted by Crippen LogP contribution is -1.82. The Morgan fingerprint density at radius 2 is 2.09 bits per heavy atom. The van der Waals surface area contributed by atoms with Crippen LogP contribution in [-0.2, 0) is 6.42 Å². The van der Waals surface area contributed by atoms with Crippen molar-refractivity contribution < 1.29 is 9.52 Å². The Labute approximate surface area is 138 Å². The minimum Gasteiger partial charge on any atom is -0.479 e. The SMILES string of the molecule is CCc1nnc(/N=C/c2nc(-c3ccc(Br)cc3)oc2O)s1. The Hall–Kier alpha value is -2.06. The zero-order chi connectivity index (χ0) is 15.5. The maximum atomic E-state index is 9.81. The second kappa shape index (κ2) is 6.37. The Morgan fingerprint density at radius 1 is 1.32 bits per heavy atom. The zero-order valence-electron chi connectivity index (χ0n) is 11.5. The van der Waals surface area contributed by atoms with Gasteiger partial charge in [-0.05, 0) is 30.7 Å². The minimum absolute atomic E-state index is 0.256. The summed E-state index contributed by atoms with van der Waals surface area (Å²) in [7, 11) is 0. The van der Waals surface area contributed by atoms with Gasteiger partial charge < -0.3 is 9.52 Å². The molecule has 0 aliphatic rings. The first-order chi connectivity index (χ1) is 10.7. The standard InChI is InChI=1S/C14H11BrN4O2S/c1-2-11-18-19-14(22-11)16-7-10-13(20)21-12(17-10)8-3-5-9(15)6-4-8/h3-7,20H,2H2,1H3/b16-7+. The second-order valence-corrected chi connectivity index (χ2v) is 6.26. The fourth-order valence-electron chi connectivity index (χ4n) is 1.68. The average Bonchev–Trinajstić information content (AvgIpc) is 3.12. The van der Waals surface area contributed by atoms with E-state index >= 15 is 0 Å². The molecule has 0 atom stereocenters. The average molecular weight is 379 g/mol. The van der Waals surface area contributed by atoms with Gasteiger partial charge in [0, 0.05) is 10.0 Å². The van der Waals surface area contributed by atoms with Crippen LogP contribution in [0.2, 0.25) is 0 Å². The van der Waals surface area contributed by atoms with Crippen LogP contribution in [0.3, 0.4) is 0 Å². The van der Waals surface area contributed by atoms with Crippen LogP contribution in [0.5, 0.6) is 5.95 Å². The molecule has 0 bridgehead atoms. The zero-order valence-corrected chi connectivity index (χ0v) is 13.9. The quantitative estimate of drug-likeness (QED) is 0.694. The Morgan fingerprint density at radius 3 is 2.77 bits per heavy atom. The lowest BCUT2D eigenvalue weighted by Gasteiger charge is -1.94. The van der Waals surface area contributed by atoms with E-state index in [1.54, 1.807) is 0 Å². The number of aliphatic imine (C=N–C) groups is 1. The van der Waals surface area contributed by atoms with Gasteiger partial charge in [0.2, 0.25) is 11.0 Å². The van der Waals surface area contributed by atoms with Crippen molar-refractivity contribution in [1.29, 1.82) is 0 Å². The minimum atomic E-state index is -0.276. The molecule has 0 aliphatic heterocycles. The summed E-state index contributed by atoms with van der Waals surface area (Å²) < 4.78 is 6.22. The van der Waals surface area contributed by atoms with Gasteiger partial charge >= 0.3 is 5.95 Å². The molecule has 6 nitrogen and oxygen atoms in total. The molecule has 3 aromatic rings.